The number of amides is 3. The van der Waals surface area contributed by atoms with Gasteiger partial charge in [-0.15, -0.1) is 0 Å². The van der Waals surface area contributed by atoms with Gasteiger partial charge in [0.2, 0.25) is 17.2 Å². The van der Waals surface area contributed by atoms with Gasteiger partial charge in [-0.1, -0.05) is 47.9 Å². The summed E-state index contributed by atoms with van der Waals surface area (Å²) in [6.07, 6.45) is 3.95. The molecular weight excluding hydrogens is 1170 g/mol. The van der Waals surface area contributed by atoms with Crippen molar-refractivity contribution in [3.63, 3.8) is 0 Å². The Morgan fingerprint density at radius 1 is 0.885 bits per heavy atom. The second-order valence-corrected chi connectivity index (χ2v) is 24.8. The number of likely N-dealkylation sites (tertiary alicyclic amines) is 1. The Labute approximate surface area is 515 Å². The predicted octanol–water partition coefficient (Wildman–Crippen LogP) is 10.1. The van der Waals surface area contributed by atoms with Gasteiger partial charge in [-0.25, -0.2) is 9.56 Å². The maximum Gasteiger partial charge on any atom is 0.306 e. The van der Waals surface area contributed by atoms with Crippen molar-refractivity contribution < 1.29 is 60.5 Å². The standard InChI is InChI=1S/C63H77N7O14S3/c1-7-67(8-2)43-28-30-47-54(37-43)84-55-38-44(68(9-3)10-4)29-31-48(55)61(47)45-21-15-16-22-46(45)63(75)69-34-19-23-51(69)62(74)66-50(41-87(78,79)80)53(71)24-13-11-12-14-25-58(72)64-33-35-82-57-40-52(70(76)77)49(39-56(57)81-6)42(5)83-60(73)27-20-36-85-86-59-26-17-18-32-65-59/h15-18,21-22,26,28-32,37-40,42,50-51H,7-14,19-20,23-25,27,33-36,41H2,1-6H3,(H2-,64,66,72,74,78,79,80)/p+1. The first-order valence-electron chi connectivity index (χ1n) is 29.6. The summed E-state index contributed by atoms with van der Waals surface area (Å²) in [5, 5.41) is 20.1. The number of benzene rings is 4. The Hall–Kier alpha value is -7.54. The molecule has 1 aliphatic carbocycles. The topological polar surface area (TPSA) is 270 Å². The number of fused-ring (bicyclic) bond motifs is 2. The minimum atomic E-state index is -4.74. The first-order valence-corrected chi connectivity index (χ1v) is 33.5. The largest absolute Gasteiger partial charge is 0.493 e. The Morgan fingerprint density at radius 2 is 1.63 bits per heavy atom. The van der Waals surface area contributed by atoms with Gasteiger partial charge >= 0.3 is 5.97 Å². The number of ether oxygens (including phenoxy) is 3. The third-order valence-corrected chi connectivity index (χ3v) is 18.3. The number of carbonyl (C=O) groups excluding carboxylic acids is 5. The van der Waals surface area contributed by atoms with Crippen molar-refractivity contribution in [3.05, 3.63) is 124 Å². The lowest BCUT2D eigenvalue weighted by Crippen LogP contribution is -2.52. The van der Waals surface area contributed by atoms with Crippen LogP contribution in [0.3, 0.4) is 0 Å². The van der Waals surface area contributed by atoms with E-state index in [4.69, 9.17) is 18.6 Å². The molecule has 0 radical (unpaired) electrons. The highest BCUT2D eigenvalue weighted by atomic mass is 33.1. The lowest BCUT2D eigenvalue weighted by Gasteiger charge is -2.27. The Morgan fingerprint density at radius 3 is 2.33 bits per heavy atom. The molecule has 3 heterocycles. The van der Waals surface area contributed by atoms with Crippen molar-refractivity contribution in [2.75, 3.05) is 69.4 Å². The van der Waals surface area contributed by atoms with E-state index >= 15 is 0 Å². The quantitative estimate of drug-likeness (QED) is 0.00505. The van der Waals surface area contributed by atoms with Crippen molar-refractivity contribution >= 4 is 83.5 Å². The molecule has 3 atom stereocenters. The number of methoxy groups -OCH3 is 1. The summed E-state index contributed by atoms with van der Waals surface area (Å²) in [7, 11) is -0.309. The third kappa shape index (κ3) is 18.3. The highest BCUT2D eigenvalue weighted by Gasteiger charge is 2.38. The number of hydrogen-bond donors (Lipinski definition) is 3. The Bertz CT molecular complexity index is 3540. The number of Topliss-reactive ketones (excluding diaryl/α,β-unsaturated/α-hetero) is 1. The van der Waals surface area contributed by atoms with Crippen molar-refractivity contribution in [2.24, 2.45) is 0 Å². The lowest BCUT2D eigenvalue weighted by atomic mass is 9.90. The molecule has 466 valence electrons. The van der Waals surface area contributed by atoms with Gasteiger partial charge in [0.05, 0.1) is 36.3 Å². The highest BCUT2D eigenvalue weighted by molar-refractivity contribution is 8.76. The van der Waals surface area contributed by atoms with Crippen LogP contribution in [0.1, 0.15) is 121 Å². The van der Waals surface area contributed by atoms with Gasteiger partial charge in [-0.3, -0.25) is 38.6 Å². The number of unbranched alkanes of at least 4 members (excludes halogenated alkanes) is 3. The van der Waals surface area contributed by atoms with E-state index < -0.39 is 62.5 Å². The smallest absolute Gasteiger partial charge is 0.306 e. The van der Waals surface area contributed by atoms with Crippen LogP contribution in [0.15, 0.2) is 107 Å². The van der Waals surface area contributed by atoms with Crippen LogP contribution in [0.5, 0.6) is 11.5 Å². The van der Waals surface area contributed by atoms with Gasteiger partial charge in [-0.2, -0.15) is 8.42 Å². The monoisotopic (exact) mass is 1250 g/mol. The van der Waals surface area contributed by atoms with Crippen molar-refractivity contribution in [3.8, 4) is 33.9 Å². The summed E-state index contributed by atoms with van der Waals surface area (Å²) in [4.78, 5) is 87.6. The number of rotatable bonds is 33. The average Bonchev–Trinajstić information content (AvgIpc) is 1.24. The predicted molar refractivity (Wildman–Crippen MR) is 338 cm³/mol. The number of carbonyl (C=O) groups is 5. The van der Waals surface area contributed by atoms with E-state index in [1.165, 1.54) is 34.9 Å². The van der Waals surface area contributed by atoms with Crippen LogP contribution >= 0.6 is 21.6 Å². The van der Waals surface area contributed by atoms with E-state index in [9.17, 15) is 47.1 Å². The van der Waals surface area contributed by atoms with Gasteiger partial charge in [0, 0.05) is 90.7 Å². The van der Waals surface area contributed by atoms with E-state index in [1.807, 2.05) is 66.7 Å². The second kappa shape index (κ2) is 32.4. The highest BCUT2D eigenvalue weighted by Crippen LogP contribution is 2.43. The van der Waals surface area contributed by atoms with Crippen LogP contribution < -0.4 is 34.9 Å². The zero-order valence-corrected chi connectivity index (χ0v) is 52.6. The second-order valence-electron chi connectivity index (χ2n) is 20.9. The number of aromatic nitrogens is 1. The average molecular weight is 1250 g/mol. The fraction of sp³-hybridized carbons (Fsp3) is 0.444. The fourth-order valence-electron chi connectivity index (χ4n) is 10.7. The van der Waals surface area contributed by atoms with E-state index in [2.05, 4.69) is 52.8 Å². The zero-order valence-electron chi connectivity index (χ0n) is 50.1. The molecular formula is C63H78N7O14S3+. The molecule has 0 bridgehead atoms. The van der Waals surface area contributed by atoms with Gasteiger partial charge < -0.3 is 39.1 Å². The van der Waals surface area contributed by atoms with Gasteiger partial charge in [0.1, 0.15) is 60.0 Å². The molecule has 4 aromatic rings. The molecule has 0 spiro atoms. The number of pyridine rings is 1. The first kappa shape index (κ1) is 67.0. The number of esters is 1. The molecule has 21 nitrogen and oxygen atoms in total. The Balaban J connectivity index is 0.901. The van der Waals surface area contributed by atoms with Gasteiger partial charge in [0.15, 0.2) is 17.3 Å². The molecule has 3 unspecified atom stereocenters. The normalized spacial score (nSPS) is 13.9. The number of anilines is 1. The van der Waals surface area contributed by atoms with Gasteiger partial charge in [-0.05, 0) is 126 Å². The summed E-state index contributed by atoms with van der Waals surface area (Å²) >= 11 is 0. The van der Waals surface area contributed by atoms with Crippen LogP contribution in [0, 0.1) is 10.1 Å². The van der Waals surface area contributed by atoms with Gasteiger partial charge in [0.25, 0.3) is 21.7 Å². The van der Waals surface area contributed by atoms with Crippen molar-refractivity contribution in [1.82, 2.24) is 25.1 Å². The summed E-state index contributed by atoms with van der Waals surface area (Å²) in [5.74, 6) is -2.03. The first-order chi connectivity index (χ1) is 41.9. The van der Waals surface area contributed by atoms with Crippen molar-refractivity contribution in [2.45, 2.75) is 122 Å². The molecule has 3 aromatic carbocycles. The van der Waals surface area contributed by atoms with Crippen molar-refractivity contribution in [1.29, 1.82) is 0 Å². The SMILES string of the molecule is CCN(CC)c1ccc2c(-c3ccccc3C(=O)N3CCCC3C(=O)NC(CS(=O)(=O)O)C(=O)CCCCCCC(=O)NCCOc3cc([N+](=O)[O-])c(C(C)OC(=O)CCCSSc4ccccn4)cc3OC)c3ccc(=[N+](CC)CC)cc-3oc2c1. The van der Waals surface area contributed by atoms with Crippen LogP contribution in [-0.4, -0.2) is 134 Å². The molecule has 3 N–H and O–H groups in total. The minimum absolute atomic E-state index is 0.0519. The molecule has 2 aliphatic heterocycles. The fourth-order valence-corrected chi connectivity index (χ4v) is 13.4. The van der Waals surface area contributed by atoms with E-state index in [1.54, 1.807) is 36.0 Å². The Kier molecular flexibility index (Phi) is 25.0. The summed E-state index contributed by atoms with van der Waals surface area (Å²) in [5.41, 5.74) is 3.99. The number of nitro benzene ring substituents is 1. The van der Waals surface area contributed by atoms with Crippen LogP contribution in [0.2, 0.25) is 0 Å². The lowest BCUT2D eigenvalue weighted by molar-refractivity contribution is -0.386. The molecule has 1 aromatic heterocycles. The van der Waals surface area contributed by atoms with E-state index in [-0.39, 0.29) is 74.0 Å². The number of nitrogens with one attached hydrogen (secondary N) is 2. The molecule has 3 aliphatic rings. The molecule has 3 amide bonds. The molecule has 24 heteroatoms. The zero-order chi connectivity index (χ0) is 62.6. The summed E-state index contributed by atoms with van der Waals surface area (Å²) < 4.78 is 60.1. The molecule has 1 fully saturated rings. The number of hydrogen-bond acceptors (Lipinski definition) is 17. The summed E-state index contributed by atoms with van der Waals surface area (Å²) in [6.45, 7) is 13.3. The molecule has 7 rings (SSSR count). The molecule has 87 heavy (non-hydrogen) atoms. The van der Waals surface area contributed by atoms with Crippen LogP contribution in [-0.2, 0) is 34.0 Å². The minimum Gasteiger partial charge on any atom is -0.493 e. The van der Waals surface area contributed by atoms with Crippen LogP contribution in [0.25, 0.3) is 33.4 Å². The number of ketones is 1. The van der Waals surface area contributed by atoms with E-state index in [0.717, 1.165) is 58.8 Å². The van der Waals surface area contributed by atoms with Crippen LogP contribution in [0.4, 0.5) is 11.4 Å². The molecule has 0 saturated carbocycles. The number of nitro groups is 1. The summed E-state index contributed by atoms with van der Waals surface area (Å²) in [6, 6.07) is 25.0. The van der Waals surface area contributed by atoms with E-state index in [0.29, 0.717) is 66.7 Å². The number of nitrogens with zero attached hydrogens (tertiary/aromatic N) is 5. The maximum atomic E-state index is 14.9. The third-order valence-electron chi connectivity index (χ3n) is 15.2. The molecule has 1 saturated heterocycles. The maximum absolute atomic E-state index is 14.9.